The number of anilines is 2. The van der Waals surface area contributed by atoms with Crippen LogP contribution in [0.4, 0.5) is 15.5 Å². The lowest BCUT2D eigenvalue weighted by Gasteiger charge is -2.07. The van der Waals surface area contributed by atoms with E-state index in [1.54, 1.807) is 24.3 Å². The molecule has 1 heterocycles. The number of nitrogens with one attached hydrogen (secondary N) is 2. The first-order valence-corrected chi connectivity index (χ1v) is 7.25. The smallest absolute Gasteiger partial charge is 0.410 e. The molecule has 0 radical (unpaired) electrons. The van der Waals surface area contributed by atoms with Crippen LogP contribution < -0.4 is 15.4 Å². The van der Waals surface area contributed by atoms with Gasteiger partial charge in [-0.3, -0.25) is 10.1 Å². The molecule has 0 aliphatic heterocycles. The zero-order valence-corrected chi connectivity index (χ0v) is 12.8. The summed E-state index contributed by atoms with van der Waals surface area (Å²) in [4.78, 5) is 22.7. The molecule has 110 valence electrons. The predicted molar refractivity (Wildman–Crippen MR) is 84.2 cm³/mol. The fraction of sp³-hybridized carbons (Fsp3) is 0.200. The Bertz CT molecular complexity index is 662. The van der Waals surface area contributed by atoms with Crippen LogP contribution in [0.1, 0.15) is 18.1 Å². The number of carbonyl (C=O) groups excluding carboxylic acids is 2. The van der Waals surface area contributed by atoms with E-state index >= 15 is 0 Å². The first kappa shape index (κ1) is 15.1. The van der Waals surface area contributed by atoms with Crippen molar-refractivity contribution in [2.24, 2.45) is 0 Å². The third kappa shape index (κ3) is 4.06. The van der Waals surface area contributed by atoms with Crippen molar-refractivity contribution >= 4 is 34.0 Å². The number of hydrogen-bond donors (Lipinski definition) is 2. The van der Waals surface area contributed by atoms with E-state index in [0.717, 1.165) is 16.1 Å². The molecule has 0 spiro atoms. The van der Waals surface area contributed by atoms with Gasteiger partial charge in [0, 0.05) is 12.6 Å². The minimum atomic E-state index is -0.535. The number of aryl methyl sites for hydroxylation is 1. The molecule has 0 atom stereocenters. The second kappa shape index (κ2) is 6.41. The van der Waals surface area contributed by atoms with Crippen LogP contribution in [-0.2, 0) is 4.79 Å². The van der Waals surface area contributed by atoms with Crippen molar-refractivity contribution in [2.75, 3.05) is 10.6 Å². The Balaban J connectivity index is 1.96. The Labute approximate surface area is 126 Å². The maximum Gasteiger partial charge on any atom is 0.417 e. The van der Waals surface area contributed by atoms with Crippen molar-refractivity contribution < 1.29 is 14.3 Å². The molecule has 2 N–H and O–H groups in total. The summed E-state index contributed by atoms with van der Waals surface area (Å²) in [5.41, 5.74) is 2.83. The molecular formula is C15H16N2O3S. The maximum atomic E-state index is 11.8. The topological polar surface area (TPSA) is 67.4 Å². The summed E-state index contributed by atoms with van der Waals surface area (Å²) in [5.74, 6) is 0.262. The molecule has 0 saturated heterocycles. The Morgan fingerprint density at radius 1 is 1.10 bits per heavy atom. The zero-order chi connectivity index (χ0) is 15.4. The average Bonchev–Trinajstić information content (AvgIpc) is 2.72. The summed E-state index contributed by atoms with van der Waals surface area (Å²) in [6, 6.07) is 6.59. The lowest BCUT2D eigenvalue weighted by atomic mass is 10.2. The highest BCUT2D eigenvalue weighted by Crippen LogP contribution is 2.26. The van der Waals surface area contributed by atoms with Crippen molar-refractivity contribution in [2.45, 2.75) is 20.8 Å². The summed E-state index contributed by atoms with van der Waals surface area (Å²) in [5, 5.41) is 8.12. The van der Waals surface area contributed by atoms with Gasteiger partial charge in [-0.2, -0.15) is 0 Å². The second-order valence-corrected chi connectivity index (χ2v) is 5.47. The molecule has 1 aromatic heterocycles. The molecule has 21 heavy (non-hydrogen) atoms. The monoisotopic (exact) mass is 304 g/mol. The SMILES string of the molecule is CC(=O)Nc1ccc(OC(=O)Nc2scc(C)c2C)cc1. The average molecular weight is 304 g/mol. The Morgan fingerprint density at radius 2 is 1.76 bits per heavy atom. The van der Waals surface area contributed by atoms with Crippen LogP contribution in [0.25, 0.3) is 0 Å². The van der Waals surface area contributed by atoms with Gasteiger partial charge in [0.25, 0.3) is 0 Å². The molecule has 0 bridgehead atoms. The largest absolute Gasteiger partial charge is 0.417 e. The molecule has 0 aliphatic carbocycles. The first-order valence-electron chi connectivity index (χ1n) is 6.37. The second-order valence-electron chi connectivity index (χ2n) is 4.59. The van der Waals surface area contributed by atoms with E-state index in [4.69, 9.17) is 4.74 Å². The number of amides is 2. The van der Waals surface area contributed by atoms with E-state index in [-0.39, 0.29) is 5.91 Å². The fourth-order valence-corrected chi connectivity index (χ4v) is 2.61. The minimum absolute atomic E-state index is 0.148. The summed E-state index contributed by atoms with van der Waals surface area (Å²) >= 11 is 1.46. The van der Waals surface area contributed by atoms with Crippen LogP contribution >= 0.6 is 11.3 Å². The van der Waals surface area contributed by atoms with E-state index in [0.29, 0.717) is 11.4 Å². The van der Waals surface area contributed by atoms with Gasteiger partial charge in [-0.25, -0.2) is 4.79 Å². The summed E-state index contributed by atoms with van der Waals surface area (Å²) < 4.78 is 5.19. The molecule has 2 aromatic rings. The summed E-state index contributed by atoms with van der Waals surface area (Å²) in [7, 11) is 0. The molecule has 0 aliphatic rings. The van der Waals surface area contributed by atoms with E-state index in [1.165, 1.54) is 18.3 Å². The van der Waals surface area contributed by atoms with E-state index < -0.39 is 6.09 Å². The highest BCUT2D eigenvalue weighted by atomic mass is 32.1. The molecular weight excluding hydrogens is 288 g/mol. The lowest BCUT2D eigenvalue weighted by Crippen LogP contribution is -2.16. The van der Waals surface area contributed by atoms with Gasteiger partial charge >= 0.3 is 6.09 Å². The number of thiophene rings is 1. The predicted octanol–water partition coefficient (Wildman–Crippen LogP) is 3.93. The first-order chi connectivity index (χ1) is 9.95. The van der Waals surface area contributed by atoms with Crippen LogP contribution in [0, 0.1) is 13.8 Å². The van der Waals surface area contributed by atoms with E-state index in [9.17, 15) is 9.59 Å². The van der Waals surface area contributed by atoms with Crippen LogP contribution in [-0.4, -0.2) is 12.0 Å². The van der Waals surface area contributed by atoms with Crippen molar-refractivity contribution in [1.82, 2.24) is 0 Å². The standard InChI is InChI=1S/C15H16N2O3S/c1-9-8-21-14(10(9)2)17-15(19)20-13-6-4-12(5-7-13)16-11(3)18/h4-8H,1-3H3,(H,16,18)(H,17,19). The van der Waals surface area contributed by atoms with Gasteiger partial charge in [0.15, 0.2) is 0 Å². The normalized spacial score (nSPS) is 10.0. The highest BCUT2D eigenvalue weighted by molar-refractivity contribution is 7.14. The molecule has 6 heteroatoms. The molecule has 2 amide bonds. The molecule has 0 fully saturated rings. The van der Waals surface area contributed by atoms with Gasteiger partial charge in [-0.05, 0) is 54.6 Å². The summed E-state index contributed by atoms with van der Waals surface area (Å²) in [6.07, 6.45) is -0.535. The van der Waals surface area contributed by atoms with Gasteiger partial charge < -0.3 is 10.1 Å². The zero-order valence-electron chi connectivity index (χ0n) is 12.0. The van der Waals surface area contributed by atoms with Crippen LogP contribution in [0.2, 0.25) is 0 Å². The van der Waals surface area contributed by atoms with Gasteiger partial charge in [0.2, 0.25) is 5.91 Å². The van der Waals surface area contributed by atoms with Gasteiger partial charge in [-0.15, -0.1) is 11.3 Å². The fourth-order valence-electron chi connectivity index (χ4n) is 1.66. The van der Waals surface area contributed by atoms with Gasteiger partial charge in [0.1, 0.15) is 10.8 Å². The molecule has 5 nitrogen and oxygen atoms in total. The number of benzene rings is 1. The summed E-state index contributed by atoms with van der Waals surface area (Å²) in [6.45, 7) is 5.37. The highest BCUT2D eigenvalue weighted by Gasteiger charge is 2.10. The number of ether oxygens (including phenoxy) is 1. The molecule has 0 saturated carbocycles. The third-order valence-corrected chi connectivity index (χ3v) is 4.00. The van der Waals surface area contributed by atoms with Crippen LogP contribution in [0.5, 0.6) is 5.75 Å². The Hall–Kier alpha value is -2.34. The quantitative estimate of drug-likeness (QED) is 0.902. The molecule has 1 aromatic carbocycles. The van der Waals surface area contributed by atoms with Crippen molar-refractivity contribution in [3.05, 3.63) is 40.8 Å². The Kier molecular flexibility index (Phi) is 4.59. The minimum Gasteiger partial charge on any atom is -0.410 e. The number of hydrogen-bond acceptors (Lipinski definition) is 4. The van der Waals surface area contributed by atoms with Crippen molar-refractivity contribution in [1.29, 1.82) is 0 Å². The van der Waals surface area contributed by atoms with E-state index in [1.807, 2.05) is 19.2 Å². The van der Waals surface area contributed by atoms with Crippen LogP contribution in [0.15, 0.2) is 29.6 Å². The van der Waals surface area contributed by atoms with E-state index in [2.05, 4.69) is 10.6 Å². The van der Waals surface area contributed by atoms with Crippen molar-refractivity contribution in [3.63, 3.8) is 0 Å². The molecule has 2 rings (SSSR count). The van der Waals surface area contributed by atoms with Crippen molar-refractivity contribution in [3.8, 4) is 5.75 Å². The van der Waals surface area contributed by atoms with Crippen LogP contribution in [0.3, 0.4) is 0 Å². The number of rotatable bonds is 3. The Morgan fingerprint density at radius 3 is 2.29 bits per heavy atom. The number of carbonyl (C=O) groups is 2. The lowest BCUT2D eigenvalue weighted by molar-refractivity contribution is -0.114. The van der Waals surface area contributed by atoms with Gasteiger partial charge in [0.05, 0.1) is 0 Å². The molecule has 0 unspecified atom stereocenters. The van der Waals surface area contributed by atoms with Gasteiger partial charge in [-0.1, -0.05) is 0 Å². The maximum absolute atomic E-state index is 11.8. The third-order valence-electron chi connectivity index (χ3n) is 2.89.